The molecule has 0 aliphatic carbocycles. The first-order valence-corrected chi connectivity index (χ1v) is 5.63. The molecule has 2 heteroatoms. The molecule has 2 nitrogen and oxygen atoms in total. The molecule has 1 N–H and O–H groups in total. The monoisotopic (exact) mass is 186 g/mol. The highest BCUT2D eigenvalue weighted by Gasteiger charge is 2.09. The lowest BCUT2D eigenvalue weighted by atomic mass is 10.2. The summed E-state index contributed by atoms with van der Waals surface area (Å²) in [6.45, 7) is 14.9. The highest BCUT2D eigenvalue weighted by molar-refractivity contribution is 4.67. The van der Waals surface area contributed by atoms with E-state index >= 15 is 0 Å². The Balaban J connectivity index is 0.000000424. The smallest absolute Gasteiger partial charge is 0.0107 e. The molecule has 0 atom stereocenters. The van der Waals surface area contributed by atoms with Crippen LogP contribution in [0.5, 0.6) is 0 Å². The highest BCUT2D eigenvalue weighted by atomic mass is 15.2. The minimum Gasteiger partial charge on any atom is -0.314 e. The topological polar surface area (TPSA) is 15.3 Å². The van der Waals surface area contributed by atoms with Gasteiger partial charge < -0.3 is 10.2 Å². The molecule has 1 rings (SSSR count). The molecular formula is C11H26N2. The molecule has 0 aromatic heterocycles. The quantitative estimate of drug-likeness (QED) is 0.709. The van der Waals surface area contributed by atoms with Crippen molar-refractivity contribution in [2.24, 2.45) is 5.92 Å². The summed E-state index contributed by atoms with van der Waals surface area (Å²) in [4.78, 5) is 2.53. The SMILES string of the molecule is CC(C)CN1CCNCC1.CCC. The van der Waals surface area contributed by atoms with Gasteiger partial charge in [-0.3, -0.25) is 0 Å². The van der Waals surface area contributed by atoms with Crippen molar-refractivity contribution in [1.82, 2.24) is 10.2 Å². The second kappa shape index (κ2) is 8.52. The number of hydrogen-bond acceptors (Lipinski definition) is 2. The summed E-state index contributed by atoms with van der Waals surface area (Å²) < 4.78 is 0. The van der Waals surface area contributed by atoms with Crippen molar-refractivity contribution >= 4 is 0 Å². The maximum absolute atomic E-state index is 3.35. The van der Waals surface area contributed by atoms with Crippen LogP contribution in [0.4, 0.5) is 0 Å². The molecule has 80 valence electrons. The molecule has 0 saturated carbocycles. The lowest BCUT2D eigenvalue weighted by Crippen LogP contribution is -2.44. The first-order chi connectivity index (χ1) is 6.20. The average molecular weight is 186 g/mol. The summed E-state index contributed by atoms with van der Waals surface area (Å²) in [5.41, 5.74) is 0. The third kappa shape index (κ3) is 8.26. The fourth-order valence-corrected chi connectivity index (χ4v) is 1.41. The van der Waals surface area contributed by atoms with Crippen LogP contribution in [0.15, 0.2) is 0 Å². The summed E-state index contributed by atoms with van der Waals surface area (Å²) in [7, 11) is 0. The molecule has 0 aromatic rings. The summed E-state index contributed by atoms with van der Waals surface area (Å²) in [6.07, 6.45) is 1.25. The van der Waals surface area contributed by atoms with Gasteiger partial charge in [0.05, 0.1) is 0 Å². The van der Waals surface area contributed by atoms with Crippen LogP contribution in [0.2, 0.25) is 0 Å². The first kappa shape index (κ1) is 12.9. The first-order valence-electron chi connectivity index (χ1n) is 5.63. The predicted octanol–water partition coefficient (Wildman–Crippen LogP) is 1.96. The van der Waals surface area contributed by atoms with Gasteiger partial charge in [0.25, 0.3) is 0 Å². The Bertz CT molecular complexity index is 96.3. The summed E-state index contributed by atoms with van der Waals surface area (Å²) >= 11 is 0. The van der Waals surface area contributed by atoms with E-state index < -0.39 is 0 Å². The van der Waals surface area contributed by atoms with Gasteiger partial charge in [-0.05, 0) is 5.92 Å². The molecule has 0 spiro atoms. The zero-order valence-electron chi connectivity index (χ0n) is 9.77. The van der Waals surface area contributed by atoms with Gasteiger partial charge in [0, 0.05) is 32.7 Å². The van der Waals surface area contributed by atoms with E-state index in [0.29, 0.717) is 0 Å². The summed E-state index contributed by atoms with van der Waals surface area (Å²) in [5.74, 6) is 0.818. The maximum atomic E-state index is 3.35. The zero-order valence-corrected chi connectivity index (χ0v) is 9.77. The van der Waals surface area contributed by atoms with E-state index in [2.05, 4.69) is 37.9 Å². The molecular weight excluding hydrogens is 160 g/mol. The molecule has 1 saturated heterocycles. The highest BCUT2D eigenvalue weighted by Crippen LogP contribution is 1.98. The molecule has 1 aliphatic rings. The Kier molecular flexibility index (Phi) is 8.46. The maximum Gasteiger partial charge on any atom is 0.0107 e. The Morgan fingerprint density at radius 2 is 1.62 bits per heavy atom. The summed E-state index contributed by atoms with van der Waals surface area (Å²) in [5, 5.41) is 3.35. The fourth-order valence-electron chi connectivity index (χ4n) is 1.41. The van der Waals surface area contributed by atoms with E-state index in [-0.39, 0.29) is 0 Å². The number of rotatable bonds is 2. The standard InChI is InChI=1S/C8H18N2.C3H8/c1-8(2)7-10-5-3-9-4-6-10;1-3-2/h8-9H,3-7H2,1-2H3;3H2,1-2H3. The number of nitrogens with zero attached hydrogens (tertiary/aromatic N) is 1. The normalized spacial score (nSPS) is 18.2. The largest absolute Gasteiger partial charge is 0.314 e. The minimum atomic E-state index is 0.818. The van der Waals surface area contributed by atoms with E-state index in [1.807, 2.05) is 0 Å². The van der Waals surface area contributed by atoms with Crippen molar-refractivity contribution in [3.8, 4) is 0 Å². The van der Waals surface area contributed by atoms with Crippen LogP contribution in [-0.2, 0) is 0 Å². The van der Waals surface area contributed by atoms with E-state index in [9.17, 15) is 0 Å². The van der Waals surface area contributed by atoms with Gasteiger partial charge in [-0.25, -0.2) is 0 Å². The molecule has 1 aliphatic heterocycles. The predicted molar refractivity (Wildman–Crippen MR) is 60.1 cm³/mol. The van der Waals surface area contributed by atoms with Gasteiger partial charge in [0.2, 0.25) is 0 Å². The molecule has 0 unspecified atom stereocenters. The Morgan fingerprint density at radius 3 is 2.00 bits per heavy atom. The van der Waals surface area contributed by atoms with Gasteiger partial charge in [-0.15, -0.1) is 0 Å². The number of piperazine rings is 1. The fraction of sp³-hybridized carbons (Fsp3) is 1.00. The second-order valence-electron chi connectivity index (χ2n) is 4.15. The molecule has 13 heavy (non-hydrogen) atoms. The molecule has 0 radical (unpaired) electrons. The molecule has 0 amide bonds. The number of nitrogens with one attached hydrogen (secondary N) is 1. The third-order valence-corrected chi connectivity index (χ3v) is 1.83. The van der Waals surface area contributed by atoms with Crippen LogP contribution < -0.4 is 5.32 Å². The van der Waals surface area contributed by atoms with Crippen molar-refractivity contribution in [3.63, 3.8) is 0 Å². The molecule has 1 heterocycles. The lowest BCUT2D eigenvalue weighted by Gasteiger charge is -2.28. The van der Waals surface area contributed by atoms with Crippen LogP contribution in [-0.4, -0.2) is 37.6 Å². The minimum absolute atomic E-state index is 0.818. The second-order valence-corrected chi connectivity index (χ2v) is 4.15. The van der Waals surface area contributed by atoms with Crippen molar-refractivity contribution < 1.29 is 0 Å². The Hall–Kier alpha value is -0.0800. The van der Waals surface area contributed by atoms with Crippen molar-refractivity contribution in [2.75, 3.05) is 32.7 Å². The van der Waals surface area contributed by atoms with E-state index in [1.165, 1.54) is 39.1 Å². The average Bonchev–Trinajstić information content (AvgIpc) is 2.06. The van der Waals surface area contributed by atoms with Crippen molar-refractivity contribution in [2.45, 2.75) is 34.1 Å². The number of hydrogen-bond donors (Lipinski definition) is 1. The van der Waals surface area contributed by atoms with E-state index in [4.69, 9.17) is 0 Å². The van der Waals surface area contributed by atoms with Gasteiger partial charge >= 0.3 is 0 Å². The van der Waals surface area contributed by atoms with Crippen LogP contribution >= 0.6 is 0 Å². The van der Waals surface area contributed by atoms with Gasteiger partial charge in [-0.2, -0.15) is 0 Å². The van der Waals surface area contributed by atoms with Gasteiger partial charge in [-0.1, -0.05) is 34.1 Å². The van der Waals surface area contributed by atoms with Gasteiger partial charge in [0.15, 0.2) is 0 Å². The molecule has 0 aromatic carbocycles. The summed E-state index contributed by atoms with van der Waals surface area (Å²) in [6, 6.07) is 0. The van der Waals surface area contributed by atoms with Crippen LogP contribution in [0.3, 0.4) is 0 Å². The zero-order chi connectivity index (χ0) is 10.1. The van der Waals surface area contributed by atoms with Crippen molar-refractivity contribution in [1.29, 1.82) is 0 Å². The van der Waals surface area contributed by atoms with Crippen molar-refractivity contribution in [3.05, 3.63) is 0 Å². The third-order valence-electron chi connectivity index (χ3n) is 1.83. The molecule has 0 bridgehead atoms. The van der Waals surface area contributed by atoms with E-state index in [1.54, 1.807) is 0 Å². The van der Waals surface area contributed by atoms with Crippen LogP contribution in [0.1, 0.15) is 34.1 Å². The van der Waals surface area contributed by atoms with Gasteiger partial charge in [0.1, 0.15) is 0 Å². The Morgan fingerprint density at radius 1 is 1.15 bits per heavy atom. The lowest BCUT2D eigenvalue weighted by molar-refractivity contribution is 0.217. The van der Waals surface area contributed by atoms with Crippen LogP contribution in [0.25, 0.3) is 0 Å². The molecule has 1 fully saturated rings. The van der Waals surface area contributed by atoms with Crippen LogP contribution in [0, 0.1) is 5.92 Å². The van der Waals surface area contributed by atoms with E-state index in [0.717, 1.165) is 5.92 Å². The Labute approximate surface area is 83.7 Å².